The Morgan fingerprint density at radius 3 is 2.23 bits per heavy atom. The SMILES string of the molecule is CCN(c1ccc(NC(=O)COC(=O)c2ccc(I)cc2)cc1)C(C)C. The topological polar surface area (TPSA) is 58.6 Å². The molecule has 2 aromatic rings. The first kappa shape index (κ1) is 20.2. The van der Waals surface area contributed by atoms with Crippen molar-refractivity contribution in [2.24, 2.45) is 0 Å². The van der Waals surface area contributed by atoms with E-state index in [1.54, 1.807) is 12.1 Å². The molecule has 0 bridgehead atoms. The summed E-state index contributed by atoms with van der Waals surface area (Å²) in [6.45, 7) is 6.98. The van der Waals surface area contributed by atoms with E-state index in [4.69, 9.17) is 4.74 Å². The summed E-state index contributed by atoms with van der Waals surface area (Å²) in [5, 5.41) is 2.74. The molecule has 0 saturated heterocycles. The molecular formula is C20H23IN2O3. The van der Waals surface area contributed by atoms with E-state index in [2.05, 4.69) is 53.6 Å². The first-order chi connectivity index (χ1) is 12.4. The Morgan fingerprint density at radius 1 is 1.08 bits per heavy atom. The van der Waals surface area contributed by atoms with Gasteiger partial charge in [0.05, 0.1) is 5.56 Å². The maximum Gasteiger partial charge on any atom is 0.338 e. The van der Waals surface area contributed by atoms with Gasteiger partial charge >= 0.3 is 5.97 Å². The van der Waals surface area contributed by atoms with Crippen LogP contribution < -0.4 is 10.2 Å². The van der Waals surface area contributed by atoms with Gasteiger partial charge in [0, 0.05) is 27.5 Å². The number of halogens is 1. The molecule has 138 valence electrons. The molecule has 2 rings (SSSR count). The van der Waals surface area contributed by atoms with E-state index in [0.717, 1.165) is 15.8 Å². The van der Waals surface area contributed by atoms with Gasteiger partial charge in [0.2, 0.25) is 0 Å². The number of esters is 1. The highest BCUT2D eigenvalue weighted by Crippen LogP contribution is 2.19. The minimum absolute atomic E-state index is 0.320. The number of carbonyl (C=O) groups is 2. The molecule has 0 aromatic heterocycles. The molecule has 0 aliphatic rings. The van der Waals surface area contributed by atoms with Crippen LogP contribution >= 0.6 is 22.6 Å². The number of rotatable bonds is 7. The molecule has 2 aromatic carbocycles. The van der Waals surface area contributed by atoms with Crippen molar-refractivity contribution in [3.8, 4) is 0 Å². The molecule has 1 N–H and O–H groups in total. The Hall–Kier alpha value is -2.09. The third kappa shape index (κ3) is 5.72. The van der Waals surface area contributed by atoms with Gasteiger partial charge < -0.3 is 15.0 Å². The molecule has 0 fully saturated rings. The smallest absolute Gasteiger partial charge is 0.338 e. The van der Waals surface area contributed by atoms with Crippen LogP contribution in [0.25, 0.3) is 0 Å². The Bertz CT molecular complexity index is 743. The molecule has 0 saturated carbocycles. The van der Waals surface area contributed by atoms with Crippen molar-refractivity contribution >= 4 is 45.8 Å². The Kier molecular flexibility index (Phi) is 7.44. The van der Waals surface area contributed by atoms with Gasteiger partial charge in [-0.15, -0.1) is 0 Å². The first-order valence-electron chi connectivity index (χ1n) is 8.50. The molecule has 0 radical (unpaired) electrons. The molecule has 0 heterocycles. The fourth-order valence-corrected chi connectivity index (χ4v) is 2.94. The average molecular weight is 466 g/mol. The van der Waals surface area contributed by atoms with Crippen LogP contribution in [0.5, 0.6) is 0 Å². The van der Waals surface area contributed by atoms with Gasteiger partial charge in [0.25, 0.3) is 5.91 Å². The van der Waals surface area contributed by atoms with Crippen LogP contribution in [-0.4, -0.2) is 31.1 Å². The number of amides is 1. The first-order valence-corrected chi connectivity index (χ1v) is 9.57. The summed E-state index contributed by atoms with van der Waals surface area (Å²) < 4.78 is 6.08. The Morgan fingerprint density at radius 2 is 1.69 bits per heavy atom. The lowest BCUT2D eigenvalue weighted by Crippen LogP contribution is -2.30. The molecule has 0 aliphatic heterocycles. The lowest BCUT2D eigenvalue weighted by Gasteiger charge is -2.27. The van der Waals surface area contributed by atoms with Crippen LogP contribution in [0.3, 0.4) is 0 Å². The number of benzene rings is 2. The van der Waals surface area contributed by atoms with Crippen molar-refractivity contribution in [1.29, 1.82) is 0 Å². The van der Waals surface area contributed by atoms with Crippen molar-refractivity contribution in [3.63, 3.8) is 0 Å². The number of nitrogens with zero attached hydrogens (tertiary/aromatic N) is 1. The average Bonchev–Trinajstić information content (AvgIpc) is 2.62. The van der Waals surface area contributed by atoms with Gasteiger partial charge in [0.1, 0.15) is 0 Å². The molecule has 5 nitrogen and oxygen atoms in total. The lowest BCUT2D eigenvalue weighted by atomic mass is 10.2. The van der Waals surface area contributed by atoms with Crippen molar-refractivity contribution in [2.75, 3.05) is 23.4 Å². The van der Waals surface area contributed by atoms with E-state index in [9.17, 15) is 9.59 Å². The molecule has 0 spiro atoms. The highest BCUT2D eigenvalue weighted by Gasteiger charge is 2.11. The standard InChI is InChI=1S/C20H23IN2O3/c1-4-23(14(2)3)18-11-9-17(10-12-18)22-19(24)13-26-20(25)15-5-7-16(21)8-6-15/h5-12,14H,4,13H2,1-3H3,(H,22,24). The second-order valence-electron chi connectivity index (χ2n) is 6.06. The second-order valence-corrected chi connectivity index (χ2v) is 7.30. The third-order valence-electron chi connectivity index (χ3n) is 3.86. The number of carbonyl (C=O) groups excluding carboxylic acids is 2. The van der Waals surface area contributed by atoms with Crippen molar-refractivity contribution in [3.05, 3.63) is 57.7 Å². The monoisotopic (exact) mass is 466 g/mol. The van der Waals surface area contributed by atoms with Gasteiger partial charge in [-0.1, -0.05) is 0 Å². The van der Waals surface area contributed by atoms with Crippen LogP contribution in [0, 0.1) is 3.57 Å². The van der Waals surface area contributed by atoms with Crippen LogP contribution in [0.1, 0.15) is 31.1 Å². The largest absolute Gasteiger partial charge is 0.452 e. The zero-order chi connectivity index (χ0) is 19.1. The molecule has 0 aliphatic carbocycles. The number of nitrogens with one attached hydrogen (secondary N) is 1. The van der Waals surface area contributed by atoms with Gasteiger partial charge in [0.15, 0.2) is 6.61 Å². The zero-order valence-electron chi connectivity index (χ0n) is 15.2. The number of hydrogen-bond acceptors (Lipinski definition) is 4. The third-order valence-corrected chi connectivity index (χ3v) is 4.58. The number of ether oxygens (including phenoxy) is 1. The fourth-order valence-electron chi connectivity index (χ4n) is 2.58. The van der Waals surface area contributed by atoms with Crippen molar-refractivity contribution in [1.82, 2.24) is 0 Å². The summed E-state index contributed by atoms with van der Waals surface area (Å²) >= 11 is 2.16. The maximum absolute atomic E-state index is 12.0. The molecule has 1 amide bonds. The van der Waals surface area contributed by atoms with Gasteiger partial charge in [-0.25, -0.2) is 4.79 Å². The summed E-state index contributed by atoms with van der Waals surface area (Å²) in [4.78, 5) is 26.2. The van der Waals surface area contributed by atoms with E-state index in [1.165, 1.54) is 0 Å². The van der Waals surface area contributed by atoms with Gasteiger partial charge in [-0.2, -0.15) is 0 Å². The molecule has 26 heavy (non-hydrogen) atoms. The highest BCUT2D eigenvalue weighted by molar-refractivity contribution is 14.1. The summed E-state index contributed by atoms with van der Waals surface area (Å²) in [6, 6.07) is 15.0. The van der Waals surface area contributed by atoms with Crippen LogP contribution in [0.2, 0.25) is 0 Å². The maximum atomic E-state index is 12.0. The van der Waals surface area contributed by atoms with E-state index >= 15 is 0 Å². The zero-order valence-corrected chi connectivity index (χ0v) is 17.3. The van der Waals surface area contributed by atoms with Gasteiger partial charge in [-0.05, 0) is 91.9 Å². The van der Waals surface area contributed by atoms with Crippen LogP contribution in [0.15, 0.2) is 48.5 Å². The number of hydrogen-bond donors (Lipinski definition) is 1. The summed E-state index contributed by atoms with van der Waals surface area (Å²) in [6.07, 6.45) is 0. The van der Waals surface area contributed by atoms with E-state index < -0.39 is 5.97 Å². The van der Waals surface area contributed by atoms with Crippen LogP contribution in [0.4, 0.5) is 11.4 Å². The van der Waals surface area contributed by atoms with Crippen molar-refractivity contribution < 1.29 is 14.3 Å². The summed E-state index contributed by atoms with van der Waals surface area (Å²) in [5.41, 5.74) is 2.20. The molecule has 6 heteroatoms. The molecular weight excluding hydrogens is 443 g/mol. The Balaban J connectivity index is 1.87. The highest BCUT2D eigenvalue weighted by atomic mass is 127. The van der Waals surface area contributed by atoms with E-state index in [1.807, 2.05) is 36.4 Å². The number of anilines is 2. The second kappa shape index (κ2) is 9.56. The minimum Gasteiger partial charge on any atom is -0.452 e. The van der Waals surface area contributed by atoms with Gasteiger partial charge in [-0.3, -0.25) is 4.79 Å². The summed E-state index contributed by atoms with van der Waals surface area (Å²) in [7, 11) is 0. The normalized spacial score (nSPS) is 10.5. The van der Waals surface area contributed by atoms with Crippen LogP contribution in [-0.2, 0) is 9.53 Å². The fraction of sp³-hybridized carbons (Fsp3) is 0.300. The van der Waals surface area contributed by atoms with E-state index in [-0.39, 0.29) is 12.5 Å². The predicted octanol–water partition coefficient (Wildman–Crippen LogP) is 4.32. The quantitative estimate of drug-likeness (QED) is 0.488. The molecule has 0 atom stereocenters. The van der Waals surface area contributed by atoms with E-state index in [0.29, 0.717) is 17.3 Å². The van der Waals surface area contributed by atoms with Crippen molar-refractivity contribution in [2.45, 2.75) is 26.8 Å². The molecule has 0 unspecified atom stereocenters. The minimum atomic E-state index is -0.512. The lowest BCUT2D eigenvalue weighted by molar-refractivity contribution is -0.119. The Labute approximate surface area is 167 Å². The predicted molar refractivity (Wildman–Crippen MR) is 113 cm³/mol. The summed E-state index contributed by atoms with van der Waals surface area (Å²) in [5.74, 6) is -0.879.